The molecule has 1 unspecified atom stereocenters. The van der Waals surface area contributed by atoms with Crippen molar-refractivity contribution < 1.29 is 9.18 Å². The summed E-state index contributed by atoms with van der Waals surface area (Å²) >= 11 is 0. The van der Waals surface area contributed by atoms with E-state index < -0.39 is 11.9 Å². The van der Waals surface area contributed by atoms with E-state index >= 15 is 0 Å². The van der Waals surface area contributed by atoms with Crippen LogP contribution in [0.5, 0.6) is 0 Å². The van der Waals surface area contributed by atoms with Crippen LogP contribution in [0.3, 0.4) is 0 Å². The third-order valence-electron chi connectivity index (χ3n) is 3.57. The van der Waals surface area contributed by atoms with Crippen LogP contribution in [0, 0.1) is 12.7 Å². The standard InChI is InChI=1S/C15H17FN4O/c1-9-4-10(16)6-11(5-9)19-14(15(17)21)13-7-18-8-20(13)12-2-3-12/h4-8,12,14,19H,2-3H2,1H3,(H2,17,21). The number of carbonyl (C=O) groups is 1. The molecule has 3 N–H and O–H groups in total. The molecular formula is C15H17FN4O. The molecule has 110 valence electrons. The maximum atomic E-state index is 13.5. The van der Waals surface area contributed by atoms with Gasteiger partial charge in [0.2, 0.25) is 5.91 Å². The number of hydrogen-bond donors (Lipinski definition) is 2. The summed E-state index contributed by atoms with van der Waals surface area (Å²) in [5.41, 5.74) is 7.52. The molecule has 1 amide bonds. The smallest absolute Gasteiger partial charge is 0.246 e. The van der Waals surface area contributed by atoms with E-state index in [1.807, 2.05) is 4.57 Å². The largest absolute Gasteiger partial charge is 0.369 e. The first kappa shape index (κ1) is 13.6. The number of nitrogens with two attached hydrogens (primary N) is 1. The molecule has 2 aromatic rings. The van der Waals surface area contributed by atoms with Crippen LogP contribution in [0.2, 0.25) is 0 Å². The SMILES string of the molecule is Cc1cc(F)cc(NC(C(N)=O)c2cncn2C2CC2)c1. The molecular weight excluding hydrogens is 271 g/mol. The summed E-state index contributed by atoms with van der Waals surface area (Å²) in [6.07, 6.45) is 5.50. The molecule has 1 aliphatic carbocycles. The van der Waals surface area contributed by atoms with Crippen molar-refractivity contribution >= 4 is 11.6 Å². The highest BCUT2D eigenvalue weighted by Gasteiger charge is 2.30. The molecule has 0 bridgehead atoms. The van der Waals surface area contributed by atoms with Gasteiger partial charge in [0.15, 0.2) is 0 Å². The Bertz CT molecular complexity index is 658. The van der Waals surface area contributed by atoms with Crippen LogP contribution in [0.1, 0.15) is 36.2 Å². The minimum absolute atomic E-state index is 0.351. The van der Waals surface area contributed by atoms with Crippen molar-refractivity contribution in [3.8, 4) is 0 Å². The zero-order chi connectivity index (χ0) is 15.0. The summed E-state index contributed by atoms with van der Waals surface area (Å²) in [5.74, 6) is -0.865. The number of nitrogens with zero attached hydrogens (tertiary/aromatic N) is 2. The Labute approximate surface area is 122 Å². The monoisotopic (exact) mass is 288 g/mol. The number of aryl methyl sites for hydroxylation is 1. The van der Waals surface area contributed by atoms with Crippen molar-refractivity contribution in [3.05, 3.63) is 47.8 Å². The molecule has 1 atom stereocenters. The Morgan fingerprint density at radius 1 is 1.48 bits per heavy atom. The summed E-state index contributed by atoms with van der Waals surface area (Å²) in [6, 6.07) is 4.21. The Morgan fingerprint density at radius 2 is 2.24 bits per heavy atom. The fourth-order valence-corrected chi connectivity index (χ4v) is 2.47. The van der Waals surface area contributed by atoms with Crippen LogP contribution in [-0.2, 0) is 4.79 Å². The fraction of sp³-hybridized carbons (Fsp3) is 0.333. The first-order valence-corrected chi connectivity index (χ1v) is 6.89. The van der Waals surface area contributed by atoms with E-state index in [0.29, 0.717) is 17.4 Å². The van der Waals surface area contributed by atoms with Crippen LogP contribution in [0.4, 0.5) is 10.1 Å². The summed E-state index contributed by atoms with van der Waals surface area (Å²) in [4.78, 5) is 15.9. The van der Waals surface area contributed by atoms with Crippen LogP contribution < -0.4 is 11.1 Å². The summed E-state index contributed by atoms with van der Waals surface area (Å²) in [7, 11) is 0. The van der Waals surface area contributed by atoms with Crippen LogP contribution in [0.15, 0.2) is 30.7 Å². The Morgan fingerprint density at radius 3 is 2.86 bits per heavy atom. The minimum Gasteiger partial charge on any atom is -0.369 e. The first-order chi connectivity index (χ1) is 10.0. The number of benzene rings is 1. The summed E-state index contributed by atoms with van der Waals surface area (Å²) in [5, 5.41) is 3.01. The van der Waals surface area contributed by atoms with Crippen molar-refractivity contribution in [1.29, 1.82) is 0 Å². The minimum atomic E-state index is -0.728. The zero-order valence-corrected chi connectivity index (χ0v) is 11.7. The Kier molecular flexibility index (Phi) is 3.37. The maximum Gasteiger partial charge on any atom is 0.246 e. The summed E-state index contributed by atoms with van der Waals surface area (Å²) < 4.78 is 15.4. The van der Waals surface area contributed by atoms with Gasteiger partial charge >= 0.3 is 0 Å². The highest BCUT2D eigenvalue weighted by atomic mass is 19.1. The lowest BCUT2D eigenvalue weighted by molar-refractivity contribution is -0.119. The Hall–Kier alpha value is -2.37. The van der Waals surface area contributed by atoms with Gasteiger partial charge in [-0.2, -0.15) is 0 Å². The third-order valence-corrected chi connectivity index (χ3v) is 3.57. The molecule has 1 aromatic carbocycles. The number of carbonyl (C=O) groups excluding carboxylic acids is 1. The van der Waals surface area contributed by atoms with Gasteiger partial charge in [-0.15, -0.1) is 0 Å². The highest BCUT2D eigenvalue weighted by molar-refractivity contribution is 5.84. The number of anilines is 1. The van der Waals surface area contributed by atoms with E-state index in [1.165, 1.54) is 12.1 Å². The fourth-order valence-electron chi connectivity index (χ4n) is 2.47. The number of imidazole rings is 1. The van der Waals surface area contributed by atoms with Crippen molar-refractivity contribution in [1.82, 2.24) is 9.55 Å². The molecule has 6 heteroatoms. The number of hydrogen-bond acceptors (Lipinski definition) is 3. The normalized spacial score (nSPS) is 15.7. The van der Waals surface area contributed by atoms with E-state index in [2.05, 4.69) is 10.3 Å². The van der Waals surface area contributed by atoms with E-state index in [1.54, 1.807) is 25.5 Å². The van der Waals surface area contributed by atoms with Crippen LogP contribution in [-0.4, -0.2) is 15.5 Å². The lowest BCUT2D eigenvalue weighted by Crippen LogP contribution is -2.29. The molecule has 1 fully saturated rings. The first-order valence-electron chi connectivity index (χ1n) is 6.89. The predicted molar refractivity (Wildman–Crippen MR) is 77.2 cm³/mol. The molecule has 0 radical (unpaired) electrons. The number of aromatic nitrogens is 2. The van der Waals surface area contributed by atoms with Gasteiger partial charge < -0.3 is 15.6 Å². The van der Waals surface area contributed by atoms with Gasteiger partial charge in [0.1, 0.15) is 11.9 Å². The molecule has 3 rings (SSSR count). The predicted octanol–water partition coefficient (Wildman–Crippen LogP) is 2.30. The molecule has 1 saturated carbocycles. The van der Waals surface area contributed by atoms with Crippen molar-refractivity contribution in [3.63, 3.8) is 0 Å². The van der Waals surface area contributed by atoms with Gasteiger partial charge in [-0.3, -0.25) is 4.79 Å². The highest BCUT2D eigenvalue weighted by Crippen LogP contribution is 2.37. The van der Waals surface area contributed by atoms with Crippen molar-refractivity contribution in [2.75, 3.05) is 5.32 Å². The lowest BCUT2D eigenvalue weighted by Gasteiger charge is -2.19. The maximum absolute atomic E-state index is 13.5. The average Bonchev–Trinajstić information content (AvgIpc) is 3.13. The van der Waals surface area contributed by atoms with Crippen LogP contribution in [0.25, 0.3) is 0 Å². The van der Waals surface area contributed by atoms with E-state index in [0.717, 1.165) is 18.4 Å². The second-order valence-electron chi connectivity index (χ2n) is 5.45. The number of nitrogens with one attached hydrogen (secondary N) is 1. The Balaban J connectivity index is 1.91. The van der Waals surface area contributed by atoms with Gasteiger partial charge in [-0.1, -0.05) is 0 Å². The molecule has 1 heterocycles. The van der Waals surface area contributed by atoms with Crippen LogP contribution >= 0.6 is 0 Å². The topological polar surface area (TPSA) is 72.9 Å². The molecule has 0 spiro atoms. The van der Waals surface area contributed by atoms with Gasteiger partial charge in [0, 0.05) is 11.7 Å². The van der Waals surface area contributed by atoms with E-state index in [4.69, 9.17) is 5.73 Å². The molecule has 0 saturated heterocycles. The quantitative estimate of drug-likeness (QED) is 0.886. The van der Waals surface area contributed by atoms with Crippen molar-refractivity contribution in [2.24, 2.45) is 5.73 Å². The molecule has 1 aromatic heterocycles. The van der Waals surface area contributed by atoms with E-state index in [-0.39, 0.29) is 5.82 Å². The molecule has 5 nitrogen and oxygen atoms in total. The van der Waals surface area contributed by atoms with Gasteiger partial charge in [-0.05, 0) is 43.5 Å². The van der Waals surface area contributed by atoms with Crippen molar-refractivity contribution in [2.45, 2.75) is 31.8 Å². The number of rotatable bonds is 5. The zero-order valence-electron chi connectivity index (χ0n) is 11.7. The van der Waals surface area contributed by atoms with Gasteiger partial charge in [0.05, 0.1) is 18.2 Å². The number of primary amides is 1. The van der Waals surface area contributed by atoms with E-state index in [9.17, 15) is 9.18 Å². The third kappa shape index (κ3) is 2.89. The molecule has 21 heavy (non-hydrogen) atoms. The molecule has 0 aliphatic heterocycles. The van der Waals surface area contributed by atoms with Gasteiger partial charge in [0.25, 0.3) is 0 Å². The number of halogens is 1. The number of amides is 1. The summed E-state index contributed by atoms with van der Waals surface area (Å²) in [6.45, 7) is 1.79. The molecule has 1 aliphatic rings. The average molecular weight is 288 g/mol. The lowest BCUT2D eigenvalue weighted by atomic mass is 10.1. The van der Waals surface area contributed by atoms with Gasteiger partial charge in [-0.25, -0.2) is 9.37 Å². The second kappa shape index (κ2) is 5.20. The second-order valence-corrected chi connectivity index (χ2v) is 5.45.